The molecule has 1 fully saturated rings. The van der Waals surface area contributed by atoms with Gasteiger partial charge in [0.1, 0.15) is 0 Å². The van der Waals surface area contributed by atoms with Crippen LogP contribution in [0.5, 0.6) is 0 Å². The van der Waals surface area contributed by atoms with Gasteiger partial charge in [0.05, 0.1) is 11.6 Å². The molecule has 0 aromatic heterocycles. The second kappa shape index (κ2) is 5.64. The zero-order chi connectivity index (χ0) is 13.1. The number of ether oxygens (including phenoxy) is 1. The molecule has 0 bridgehead atoms. The number of fused-ring (bicyclic) bond motifs is 1. The topological polar surface area (TPSA) is 33.0 Å². The number of nitriles is 1. The normalized spacial score (nSPS) is 16.4. The van der Waals surface area contributed by atoms with Gasteiger partial charge in [-0.3, -0.25) is 0 Å². The highest BCUT2D eigenvalue weighted by atomic mass is 32.2. The minimum absolute atomic E-state index is 0.630. The first-order chi connectivity index (χ1) is 9.38. The summed E-state index contributed by atoms with van der Waals surface area (Å²) >= 11 is 1.92. The SMILES string of the molecule is N#Cc1ccc(SC2CCOCC2)c2ccccc12. The van der Waals surface area contributed by atoms with E-state index in [2.05, 4.69) is 18.2 Å². The standard InChI is InChI=1S/C16H15NOS/c17-11-12-5-6-16(15-4-2-1-3-14(12)15)19-13-7-9-18-10-8-13/h1-6,13H,7-10H2. The van der Waals surface area contributed by atoms with Gasteiger partial charge >= 0.3 is 0 Å². The number of rotatable bonds is 2. The summed E-state index contributed by atoms with van der Waals surface area (Å²) < 4.78 is 5.41. The van der Waals surface area contributed by atoms with E-state index < -0.39 is 0 Å². The lowest BCUT2D eigenvalue weighted by Crippen LogP contribution is -2.17. The Morgan fingerprint density at radius 2 is 1.79 bits per heavy atom. The minimum atomic E-state index is 0.630. The fourth-order valence-corrected chi connectivity index (χ4v) is 3.68. The molecule has 0 radical (unpaired) electrons. The van der Waals surface area contributed by atoms with E-state index in [-0.39, 0.29) is 0 Å². The second-order valence-electron chi connectivity index (χ2n) is 4.70. The van der Waals surface area contributed by atoms with Crippen LogP contribution in [-0.4, -0.2) is 18.5 Å². The van der Waals surface area contributed by atoms with E-state index in [0.717, 1.165) is 37.0 Å². The molecule has 0 N–H and O–H groups in total. The van der Waals surface area contributed by atoms with Crippen LogP contribution in [0.4, 0.5) is 0 Å². The molecule has 0 spiro atoms. The van der Waals surface area contributed by atoms with Crippen LogP contribution in [0.2, 0.25) is 0 Å². The first-order valence-electron chi connectivity index (χ1n) is 6.55. The maximum absolute atomic E-state index is 9.17. The van der Waals surface area contributed by atoms with Gasteiger partial charge < -0.3 is 4.74 Å². The first kappa shape index (κ1) is 12.5. The fraction of sp³-hybridized carbons (Fsp3) is 0.312. The molecule has 2 aromatic carbocycles. The van der Waals surface area contributed by atoms with Crippen molar-refractivity contribution in [2.75, 3.05) is 13.2 Å². The first-order valence-corrected chi connectivity index (χ1v) is 7.42. The van der Waals surface area contributed by atoms with Gasteiger partial charge in [0.25, 0.3) is 0 Å². The zero-order valence-corrected chi connectivity index (χ0v) is 11.5. The molecule has 0 saturated carbocycles. The average molecular weight is 269 g/mol. The lowest BCUT2D eigenvalue weighted by molar-refractivity contribution is 0.100. The van der Waals surface area contributed by atoms with Crippen LogP contribution in [0.1, 0.15) is 18.4 Å². The molecule has 96 valence electrons. The van der Waals surface area contributed by atoms with Crippen molar-refractivity contribution in [2.45, 2.75) is 23.0 Å². The molecule has 2 aromatic rings. The average Bonchev–Trinajstić information content (AvgIpc) is 2.49. The van der Waals surface area contributed by atoms with Crippen molar-refractivity contribution in [3.05, 3.63) is 42.0 Å². The van der Waals surface area contributed by atoms with Gasteiger partial charge in [-0.25, -0.2) is 0 Å². The Bertz CT molecular complexity index is 626. The van der Waals surface area contributed by atoms with Crippen molar-refractivity contribution >= 4 is 22.5 Å². The van der Waals surface area contributed by atoms with E-state index in [9.17, 15) is 5.26 Å². The Hall–Kier alpha value is -1.50. The molecule has 2 nitrogen and oxygen atoms in total. The van der Waals surface area contributed by atoms with Gasteiger partial charge in [0.2, 0.25) is 0 Å². The molecule has 3 heteroatoms. The minimum Gasteiger partial charge on any atom is -0.381 e. The predicted molar refractivity (Wildman–Crippen MR) is 78.4 cm³/mol. The molecular formula is C16H15NOS. The fourth-order valence-electron chi connectivity index (χ4n) is 2.45. The molecule has 0 atom stereocenters. The Balaban J connectivity index is 1.97. The Morgan fingerprint density at radius 1 is 1.05 bits per heavy atom. The Kier molecular flexibility index (Phi) is 3.72. The van der Waals surface area contributed by atoms with Crippen molar-refractivity contribution in [2.24, 2.45) is 0 Å². The molecule has 0 unspecified atom stereocenters. The summed E-state index contributed by atoms with van der Waals surface area (Å²) in [6, 6.07) is 14.5. The molecule has 0 aliphatic carbocycles. The highest BCUT2D eigenvalue weighted by Crippen LogP contribution is 2.35. The highest BCUT2D eigenvalue weighted by molar-refractivity contribution is 8.00. The number of thioether (sulfide) groups is 1. The van der Waals surface area contributed by atoms with Crippen LogP contribution in [0.25, 0.3) is 10.8 Å². The summed E-state index contributed by atoms with van der Waals surface area (Å²) in [5, 5.41) is 12.1. The van der Waals surface area contributed by atoms with Crippen molar-refractivity contribution in [3.8, 4) is 6.07 Å². The summed E-state index contributed by atoms with van der Waals surface area (Å²) in [5.41, 5.74) is 0.756. The van der Waals surface area contributed by atoms with E-state index >= 15 is 0 Å². The van der Waals surface area contributed by atoms with E-state index in [0.29, 0.717) is 5.25 Å². The summed E-state index contributed by atoms with van der Waals surface area (Å²) in [7, 11) is 0. The van der Waals surface area contributed by atoms with Crippen LogP contribution >= 0.6 is 11.8 Å². The predicted octanol–water partition coefficient (Wildman–Crippen LogP) is 3.98. The maximum atomic E-state index is 9.17. The van der Waals surface area contributed by atoms with Crippen LogP contribution in [0.3, 0.4) is 0 Å². The Labute approximate surface area is 117 Å². The highest BCUT2D eigenvalue weighted by Gasteiger charge is 2.16. The quantitative estimate of drug-likeness (QED) is 0.826. The number of benzene rings is 2. The number of hydrogen-bond donors (Lipinski definition) is 0. The molecule has 1 saturated heterocycles. The molecule has 0 amide bonds. The third-order valence-electron chi connectivity index (χ3n) is 3.47. The second-order valence-corrected chi connectivity index (χ2v) is 6.04. The van der Waals surface area contributed by atoms with Gasteiger partial charge in [0, 0.05) is 28.7 Å². The third-order valence-corrected chi connectivity index (χ3v) is 4.88. The maximum Gasteiger partial charge on any atom is 0.0998 e. The van der Waals surface area contributed by atoms with Crippen LogP contribution in [-0.2, 0) is 4.74 Å². The zero-order valence-electron chi connectivity index (χ0n) is 10.6. The van der Waals surface area contributed by atoms with Crippen molar-refractivity contribution < 1.29 is 4.74 Å². The van der Waals surface area contributed by atoms with Crippen molar-refractivity contribution in [1.29, 1.82) is 5.26 Å². The smallest absolute Gasteiger partial charge is 0.0998 e. The van der Waals surface area contributed by atoms with Crippen LogP contribution in [0, 0.1) is 11.3 Å². The van der Waals surface area contributed by atoms with Gasteiger partial charge in [-0.15, -0.1) is 11.8 Å². The lowest BCUT2D eigenvalue weighted by atomic mass is 10.1. The van der Waals surface area contributed by atoms with Crippen LogP contribution in [0.15, 0.2) is 41.3 Å². The van der Waals surface area contributed by atoms with Crippen molar-refractivity contribution in [1.82, 2.24) is 0 Å². The van der Waals surface area contributed by atoms with Gasteiger partial charge in [0.15, 0.2) is 0 Å². The largest absolute Gasteiger partial charge is 0.381 e. The summed E-state index contributed by atoms with van der Waals surface area (Å²) in [6.07, 6.45) is 2.22. The Morgan fingerprint density at radius 3 is 2.53 bits per heavy atom. The number of nitrogens with zero attached hydrogens (tertiary/aromatic N) is 1. The van der Waals surface area contributed by atoms with E-state index in [4.69, 9.17) is 4.74 Å². The summed E-state index contributed by atoms with van der Waals surface area (Å²) in [4.78, 5) is 1.28. The molecule has 1 aliphatic rings. The van der Waals surface area contributed by atoms with Crippen molar-refractivity contribution in [3.63, 3.8) is 0 Å². The van der Waals surface area contributed by atoms with Crippen LogP contribution < -0.4 is 0 Å². The summed E-state index contributed by atoms with van der Waals surface area (Å²) in [6.45, 7) is 1.73. The third kappa shape index (κ3) is 2.60. The van der Waals surface area contributed by atoms with E-state index in [1.165, 1.54) is 10.3 Å². The van der Waals surface area contributed by atoms with E-state index in [1.807, 2.05) is 36.0 Å². The molecule has 1 heterocycles. The van der Waals surface area contributed by atoms with E-state index in [1.54, 1.807) is 0 Å². The monoisotopic (exact) mass is 269 g/mol. The molecule has 19 heavy (non-hydrogen) atoms. The van der Waals surface area contributed by atoms with Gasteiger partial charge in [-0.05, 0) is 30.4 Å². The van der Waals surface area contributed by atoms with Gasteiger partial charge in [-0.2, -0.15) is 5.26 Å². The molecule has 1 aliphatic heterocycles. The molecule has 3 rings (SSSR count). The lowest BCUT2D eigenvalue weighted by Gasteiger charge is -2.22. The molecular weight excluding hydrogens is 254 g/mol. The number of hydrogen-bond acceptors (Lipinski definition) is 3. The van der Waals surface area contributed by atoms with Gasteiger partial charge in [-0.1, -0.05) is 24.3 Å². The summed E-state index contributed by atoms with van der Waals surface area (Å²) in [5.74, 6) is 0.